The van der Waals surface area contributed by atoms with E-state index in [2.05, 4.69) is 30.7 Å². The number of nitrogens with one attached hydrogen (secondary N) is 3. The number of aromatic amines is 1. The van der Waals surface area contributed by atoms with E-state index >= 15 is 0 Å². The Labute approximate surface area is 206 Å². The van der Waals surface area contributed by atoms with Gasteiger partial charge in [0.05, 0.1) is 10.3 Å². The zero-order valence-corrected chi connectivity index (χ0v) is 20.6. The molecular weight excluding hydrogens is 484 g/mol. The summed E-state index contributed by atoms with van der Waals surface area (Å²) in [6, 6.07) is 7.98. The van der Waals surface area contributed by atoms with Gasteiger partial charge >= 0.3 is 0 Å². The van der Waals surface area contributed by atoms with Gasteiger partial charge in [-0.2, -0.15) is 10.1 Å². The molecule has 0 saturated carbocycles. The molecule has 1 unspecified atom stereocenters. The molecule has 3 aliphatic heterocycles. The van der Waals surface area contributed by atoms with Crippen LogP contribution in [0.1, 0.15) is 31.4 Å². The lowest BCUT2D eigenvalue weighted by atomic mass is 9.68. The number of fused-ring (bicyclic) bond motifs is 1. The number of aromatic nitrogens is 5. The Morgan fingerprint density at radius 1 is 1.20 bits per heavy atom. The maximum absolute atomic E-state index is 13.4. The molecule has 10 nitrogen and oxygen atoms in total. The van der Waals surface area contributed by atoms with Crippen molar-refractivity contribution in [1.29, 1.82) is 0 Å². The molecule has 7 rings (SSSR count). The molecule has 0 aliphatic carbocycles. The Morgan fingerprint density at radius 2 is 2.03 bits per heavy atom. The zero-order valence-electron chi connectivity index (χ0n) is 19.0. The molecule has 4 aromatic rings. The van der Waals surface area contributed by atoms with Gasteiger partial charge in [-0.3, -0.25) is 15.0 Å². The zero-order chi connectivity index (χ0) is 23.8. The predicted molar refractivity (Wildman–Crippen MR) is 133 cm³/mol. The summed E-state index contributed by atoms with van der Waals surface area (Å²) in [5, 5.41) is 17.0. The van der Waals surface area contributed by atoms with Crippen LogP contribution in [0.5, 0.6) is 0 Å². The lowest BCUT2D eigenvalue weighted by Gasteiger charge is -2.72. The molecule has 35 heavy (non-hydrogen) atoms. The maximum Gasteiger partial charge on any atom is 0.226 e. The van der Waals surface area contributed by atoms with Crippen molar-refractivity contribution in [1.82, 2.24) is 30.0 Å². The summed E-state index contributed by atoms with van der Waals surface area (Å²) in [6.45, 7) is 1.95. The number of H-pyrrole nitrogens is 1. The molecule has 3 saturated heterocycles. The van der Waals surface area contributed by atoms with Gasteiger partial charge in [0.2, 0.25) is 5.95 Å². The van der Waals surface area contributed by atoms with E-state index in [1.54, 1.807) is 29.7 Å². The van der Waals surface area contributed by atoms with Crippen LogP contribution in [0.2, 0.25) is 0 Å². The van der Waals surface area contributed by atoms with Gasteiger partial charge in [-0.15, -0.1) is 11.3 Å². The molecule has 4 aromatic heterocycles. The van der Waals surface area contributed by atoms with Crippen molar-refractivity contribution in [2.45, 2.75) is 60.5 Å². The molecule has 4 atom stereocenters. The van der Waals surface area contributed by atoms with Gasteiger partial charge in [0, 0.05) is 42.3 Å². The van der Waals surface area contributed by atoms with E-state index in [4.69, 9.17) is 9.97 Å². The molecule has 0 aromatic carbocycles. The third-order valence-electron chi connectivity index (χ3n) is 7.54. The van der Waals surface area contributed by atoms with E-state index in [1.165, 1.54) is 6.20 Å². The Hall–Kier alpha value is -3.09. The SMILES string of the molecule is Cc1cc(Nc2nc(N[C@H]3C[C@@H]4CC5(S(=O)(=O)c6cccnc6)C[C@H](C3)N45)nc3sccc23)n[nH]1. The van der Waals surface area contributed by atoms with Gasteiger partial charge in [-0.1, -0.05) is 0 Å². The highest BCUT2D eigenvalue weighted by Gasteiger charge is 2.71. The predicted octanol–water partition coefficient (Wildman–Crippen LogP) is 3.45. The highest BCUT2D eigenvalue weighted by molar-refractivity contribution is 7.93. The molecule has 0 spiro atoms. The van der Waals surface area contributed by atoms with E-state index < -0.39 is 14.7 Å². The van der Waals surface area contributed by atoms with Crippen molar-refractivity contribution in [3.8, 4) is 0 Å². The van der Waals surface area contributed by atoms with Crippen LogP contribution < -0.4 is 10.6 Å². The largest absolute Gasteiger partial charge is 0.351 e. The molecule has 7 heterocycles. The molecule has 0 amide bonds. The van der Waals surface area contributed by atoms with E-state index in [0.717, 1.165) is 34.6 Å². The van der Waals surface area contributed by atoms with Crippen molar-refractivity contribution < 1.29 is 8.42 Å². The van der Waals surface area contributed by atoms with Gasteiger partial charge in [-0.25, -0.2) is 13.4 Å². The lowest BCUT2D eigenvalue weighted by Crippen LogP contribution is -2.83. The van der Waals surface area contributed by atoms with Crippen molar-refractivity contribution in [3.05, 3.63) is 47.7 Å². The van der Waals surface area contributed by atoms with Gasteiger partial charge in [-0.05, 0) is 56.2 Å². The highest BCUT2D eigenvalue weighted by atomic mass is 32.2. The molecule has 0 radical (unpaired) electrons. The number of thiophene rings is 1. The van der Waals surface area contributed by atoms with E-state index in [9.17, 15) is 8.42 Å². The van der Waals surface area contributed by atoms with Gasteiger partial charge < -0.3 is 10.6 Å². The summed E-state index contributed by atoms with van der Waals surface area (Å²) >= 11 is 1.57. The number of hydrogen-bond donors (Lipinski definition) is 3. The van der Waals surface area contributed by atoms with Crippen molar-refractivity contribution in [3.63, 3.8) is 0 Å². The first-order valence-electron chi connectivity index (χ1n) is 11.7. The summed E-state index contributed by atoms with van der Waals surface area (Å²) in [5.74, 6) is 2.01. The average molecular weight is 509 g/mol. The molecular formula is C23H24N8O2S2. The molecule has 3 aliphatic rings. The first-order valence-corrected chi connectivity index (χ1v) is 14.0. The quantitative estimate of drug-likeness (QED) is 0.359. The van der Waals surface area contributed by atoms with Crippen molar-refractivity contribution in [2.75, 3.05) is 10.6 Å². The number of rotatable bonds is 6. The second kappa shape index (κ2) is 7.45. The fourth-order valence-electron chi connectivity index (χ4n) is 6.12. The highest BCUT2D eigenvalue weighted by Crippen LogP contribution is 2.60. The number of piperidine rings is 2. The van der Waals surface area contributed by atoms with E-state index in [-0.39, 0.29) is 18.1 Å². The number of aryl methyl sites for hydroxylation is 1. The summed E-state index contributed by atoms with van der Waals surface area (Å²) in [6.07, 6.45) is 6.13. The summed E-state index contributed by atoms with van der Waals surface area (Å²) < 4.78 is 26.7. The fourth-order valence-corrected chi connectivity index (χ4v) is 9.17. The van der Waals surface area contributed by atoms with E-state index in [1.807, 2.05) is 24.4 Å². The summed E-state index contributed by atoms with van der Waals surface area (Å²) in [4.78, 5) is 16.2. The van der Waals surface area contributed by atoms with Gasteiger partial charge in [0.1, 0.15) is 15.5 Å². The van der Waals surface area contributed by atoms with Gasteiger partial charge in [0.25, 0.3) is 0 Å². The first kappa shape index (κ1) is 21.2. The van der Waals surface area contributed by atoms with Crippen LogP contribution in [0.25, 0.3) is 10.2 Å². The van der Waals surface area contributed by atoms with Crippen LogP contribution in [0.3, 0.4) is 0 Å². The monoisotopic (exact) mass is 508 g/mol. The number of sulfone groups is 1. The fraction of sp³-hybridized carbons (Fsp3) is 0.391. The summed E-state index contributed by atoms with van der Waals surface area (Å²) in [7, 11) is -3.43. The van der Waals surface area contributed by atoms with E-state index in [0.29, 0.717) is 29.5 Å². The Bertz CT molecular complexity index is 1520. The van der Waals surface area contributed by atoms with Crippen LogP contribution in [-0.4, -0.2) is 61.5 Å². The second-order valence-corrected chi connectivity index (χ2v) is 12.8. The molecule has 12 heteroatoms. The third kappa shape index (κ3) is 3.13. The molecule has 3 N–H and O–H groups in total. The Kier molecular flexibility index (Phi) is 4.52. The molecule has 0 bridgehead atoms. The van der Waals surface area contributed by atoms with Crippen LogP contribution >= 0.6 is 11.3 Å². The first-order chi connectivity index (χ1) is 16.9. The standard InChI is InChI=1S/C23H24N8O2S2/c1-13-7-19(30-29-13)26-20-18-4-6-34-21(18)28-22(27-20)25-14-8-15-10-23(11-16(9-14)31(15)23)35(32,33)17-3-2-5-24-12-17/h2-7,12,14-16H,8-11H2,1H3,(H3,25,26,27,28,29,30)/t14-,15+,16-,23?. The van der Waals surface area contributed by atoms with Crippen LogP contribution in [0.4, 0.5) is 17.6 Å². The number of hydrogen-bond acceptors (Lipinski definition) is 10. The summed E-state index contributed by atoms with van der Waals surface area (Å²) in [5.41, 5.74) is 0.968. The van der Waals surface area contributed by atoms with Crippen LogP contribution in [0.15, 0.2) is 46.9 Å². The minimum atomic E-state index is -3.43. The number of anilines is 3. The Balaban J connectivity index is 1.09. The lowest BCUT2D eigenvalue weighted by molar-refractivity contribution is -0.173. The van der Waals surface area contributed by atoms with Crippen LogP contribution in [0, 0.1) is 6.92 Å². The third-order valence-corrected chi connectivity index (χ3v) is 10.7. The minimum Gasteiger partial charge on any atom is -0.351 e. The Morgan fingerprint density at radius 3 is 2.74 bits per heavy atom. The number of pyridine rings is 1. The van der Waals surface area contributed by atoms with Crippen molar-refractivity contribution in [2.24, 2.45) is 0 Å². The molecule has 180 valence electrons. The van der Waals surface area contributed by atoms with Crippen LogP contribution in [-0.2, 0) is 9.84 Å². The topological polar surface area (TPSA) is 129 Å². The molecule has 3 fully saturated rings. The average Bonchev–Trinajstić information content (AvgIpc) is 3.45. The second-order valence-electron chi connectivity index (χ2n) is 9.67. The maximum atomic E-state index is 13.4. The normalized spacial score (nSPS) is 27.6. The smallest absolute Gasteiger partial charge is 0.226 e. The van der Waals surface area contributed by atoms with Crippen molar-refractivity contribution >= 4 is 49.0 Å². The number of nitrogens with zero attached hydrogens (tertiary/aromatic N) is 5. The minimum absolute atomic E-state index is 0.193. The van der Waals surface area contributed by atoms with Gasteiger partial charge in [0.15, 0.2) is 15.7 Å².